The molecule has 2 fully saturated rings. The Balaban J connectivity index is 1.90. The largest absolute Gasteiger partial charge is 0.396 e. The van der Waals surface area contributed by atoms with E-state index in [1.807, 2.05) is 0 Å². The Labute approximate surface area is 101 Å². The minimum absolute atomic E-state index is 0.336. The van der Waals surface area contributed by atoms with Gasteiger partial charge in [-0.15, -0.1) is 0 Å². The first-order chi connectivity index (χ1) is 7.81. The Kier molecular flexibility index (Phi) is 2.78. The molecule has 2 saturated heterocycles. The standard InChI is InChI=1S/C13H19NOS/c1-14-10-2-3-13(14)12(7-15)11(6-10)9-4-5-16-8-9/h4-5,8,10-13,15H,2-3,6-7H2,1H3/t10?,11-,12-,13?/m1/s1. The molecule has 1 N–H and O–H groups in total. The highest BCUT2D eigenvalue weighted by atomic mass is 32.1. The minimum atomic E-state index is 0.336. The maximum atomic E-state index is 9.67. The Morgan fingerprint density at radius 2 is 2.38 bits per heavy atom. The third-order valence-electron chi connectivity index (χ3n) is 4.61. The van der Waals surface area contributed by atoms with Crippen LogP contribution in [0.15, 0.2) is 16.8 Å². The van der Waals surface area contributed by atoms with Crippen LogP contribution in [-0.4, -0.2) is 35.7 Å². The van der Waals surface area contributed by atoms with Crippen LogP contribution in [0.4, 0.5) is 0 Å². The second kappa shape index (κ2) is 4.13. The van der Waals surface area contributed by atoms with Crippen LogP contribution in [0, 0.1) is 5.92 Å². The summed E-state index contributed by atoms with van der Waals surface area (Å²) in [5, 5.41) is 14.1. The number of fused-ring (bicyclic) bond motifs is 2. The van der Waals surface area contributed by atoms with Gasteiger partial charge in [0.25, 0.3) is 0 Å². The van der Waals surface area contributed by atoms with Crippen molar-refractivity contribution in [2.45, 2.75) is 37.3 Å². The lowest BCUT2D eigenvalue weighted by Crippen LogP contribution is -2.46. The summed E-state index contributed by atoms with van der Waals surface area (Å²) in [4.78, 5) is 2.50. The zero-order valence-electron chi connectivity index (χ0n) is 9.67. The van der Waals surface area contributed by atoms with Crippen molar-refractivity contribution in [1.82, 2.24) is 4.90 Å². The number of nitrogens with zero attached hydrogens (tertiary/aromatic N) is 1. The van der Waals surface area contributed by atoms with Crippen molar-refractivity contribution in [1.29, 1.82) is 0 Å². The molecule has 1 aromatic heterocycles. The quantitative estimate of drug-likeness (QED) is 0.853. The summed E-state index contributed by atoms with van der Waals surface area (Å²) in [6, 6.07) is 3.59. The predicted molar refractivity (Wildman–Crippen MR) is 66.8 cm³/mol. The van der Waals surface area contributed by atoms with Crippen LogP contribution >= 0.6 is 11.3 Å². The average Bonchev–Trinajstić information content (AvgIpc) is 2.87. The number of piperidine rings is 1. The van der Waals surface area contributed by atoms with E-state index in [1.54, 1.807) is 11.3 Å². The SMILES string of the molecule is CN1C2CCC1[C@H](CO)[C@@H](c1ccsc1)C2. The second-order valence-electron chi connectivity index (χ2n) is 5.21. The van der Waals surface area contributed by atoms with E-state index in [2.05, 4.69) is 28.8 Å². The van der Waals surface area contributed by atoms with Crippen molar-refractivity contribution >= 4 is 11.3 Å². The van der Waals surface area contributed by atoms with Crippen LogP contribution in [0.5, 0.6) is 0 Å². The highest BCUT2D eigenvalue weighted by Gasteiger charge is 2.45. The number of hydrogen-bond donors (Lipinski definition) is 1. The Bertz CT molecular complexity index is 351. The summed E-state index contributed by atoms with van der Waals surface area (Å²) in [5.41, 5.74) is 1.45. The van der Waals surface area contributed by atoms with Gasteiger partial charge in [-0.3, -0.25) is 0 Å². The van der Waals surface area contributed by atoms with E-state index in [-0.39, 0.29) is 0 Å². The number of aliphatic hydroxyl groups is 1. The molecule has 0 aromatic carbocycles. The number of hydrogen-bond acceptors (Lipinski definition) is 3. The highest BCUT2D eigenvalue weighted by molar-refractivity contribution is 7.07. The zero-order valence-corrected chi connectivity index (χ0v) is 10.5. The first-order valence-electron chi connectivity index (χ1n) is 6.16. The van der Waals surface area contributed by atoms with Crippen molar-refractivity contribution in [2.75, 3.05) is 13.7 Å². The molecule has 0 spiro atoms. The highest BCUT2D eigenvalue weighted by Crippen LogP contribution is 2.46. The van der Waals surface area contributed by atoms with Gasteiger partial charge in [-0.25, -0.2) is 0 Å². The predicted octanol–water partition coefficient (Wildman–Crippen LogP) is 2.31. The summed E-state index contributed by atoms with van der Waals surface area (Å²) in [5.74, 6) is 1.03. The molecular formula is C13H19NOS. The van der Waals surface area contributed by atoms with Gasteiger partial charge in [0.1, 0.15) is 0 Å². The number of aliphatic hydroxyl groups excluding tert-OH is 1. The maximum absolute atomic E-state index is 9.67. The molecule has 0 aliphatic carbocycles. The Morgan fingerprint density at radius 3 is 3.06 bits per heavy atom. The van der Waals surface area contributed by atoms with E-state index in [9.17, 15) is 5.11 Å². The van der Waals surface area contributed by atoms with Gasteiger partial charge in [-0.05, 0) is 54.6 Å². The molecule has 3 heterocycles. The van der Waals surface area contributed by atoms with Gasteiger partial charge in [0.05, 0.1) is 0 Å². The molecule has 0 amide bonds. The first kappa shape index (κ1) is 10.8. The lowest BCUT2D eigenvalue weighted by Gasteiger charge is -2.42. The molecule has 2 aliphatic rings. The fourth-order valence-electron chi connectivity index (χ4n) is 3.70. The van der Waals surface area contributed by atoms with Gasteiger partial charge in [-0.1, -0.05) is 0 Å². The smallest absolute Gasteiger partial charge is 0.0480 e. The topological polar surface area (TPSA) is 23.5 Å². The zero-order chi connectivity index (χ0) is 11.1. The average molecular weight is 237 g/mol. The Morgan fingerprint density at radius 1 is 1.50 bits per heavy atom. The molecule has 4 atom stereocenters. The molecular weight excluding hydrogens is 218 g/mol. The monoisotopic (exact) mass is 237 g/mol. The van der Waals surface area contributed by atoms with E-state index >= 15 is 0 Å². The molecule has 0 saturated carbocycles. The van der Waals surface area contributed by atoms with Crippen molar-refractivity contribution in [3.8, 4) is 0 Å². The van der Waals surface area contributed by atoms with E-state index in [0.29, 0.717) is 24.5 Å². The number of thiophene rings is 1. The summed E-state index contributed by atoms with van der Waals surface area (Å²) in [7, 11) is 2.23. The summed E-state index contributed by atoms with van der Waals surface area (Å²) in [6.07, 6.45) is 3.82. The van der Waals surface area contributed by atoms with Gasteiger partial charge >= 0.3 is 0 Å². The van der Waals surface area contributed by atoms with Crippen LogP contribution in [0.25, 0.3) is 0 Å². The summed E-state index contributed by atoms with van der Waals surface area (Å²) < 4.78 is 0. The second-order valence-corrected chi connectivity index (χ2v) is 5.99. The number of rotatable bonds is 2. The van der Waals surface area contributed by atoms with Crippen LogP contribution in [-0.2, 0) is 0 Å². The van der Waals surface area contributed by atoms with Gasteiger partial charge in [0, 0.05) is 24.6 Å². The lowest BCUT2D eigenvalue weighted by molar-refractivity contribution is 0.0593. The van der Waals surface area contributed by atoms with Gasteiger partial charge in [0.2, 0.25) is 0 Å². The van der Waals surface area contributed by atoms with Crippen molar-refractivity contribution < 1.29 is 5.11 Å². The molecule has 2 aliphatic heterocycles. The first-order valence-corrected chi connectivity index (χ1v) is 7.10. The molecule has 3 rings (SSSR count). The molecule has 2 unspecified atom stereocenters. The minimum Gasteiger partial charge on any atom is -0.396 e. The summed E-state index contributed by atoms with van der Waals surface area (Å²) >= 11 is 1.77. The van der Waals surface area contributed by atoms with E-state index < -0.39 is 0 Å². The van der Waals surface area contributed by atoms with Crippen molar-refractivity contribution in [3.05, 3.63) is 22.4 Å². The third-order valence-corrected chi connectivity index (χ3v) is 5.32. The van der Waals surface area contributed by atoms with Gasteiger partial charge in [-0.2, -0.15) is 11.3 Å². The summed E-state index contributed by atoms with van der Waals surface area (Å²) in [6.45, 7) is 0.336. The molecule has 0 radical (unpaired) electrons. The van der Waals surface area contributed by atoms with Crippen LogP contribution in [0.3, 0.4) is 0 Å². The third kappa shape index (κ3) is 1.53. The molecule has 2 nitrogen and oxygen atoms in total. The molecule has 88 valence electrons. The molecule has 1 aromatic rings. The van der Waals surface area contributed by atoms with Crippen LogP contribution in [0.1, 0.15) is 30.7 Å². The van der Waals surface area contributed by atoms with E-state index in [1.165, 1.54) is 24.8 Å². The fraction of sp³-hybridized carbons (Fsp3) is 0.692. The van der Waals surface area contributed by atoms with E-state index in [4.69, 9.17) is 0 Å². The molecule has 2 bridgehead atoms. The molecule has 3 heteroatoms. The van der Waals surface area contributed by atoms with Gasteiger partial charge < -0.3 is 10.0 Å². The normalized spacial score (nSPS) is 39.1. The van der Waals surface area contributed by atoms with E-state index in [0.717, 1.165) is 6.04 Å². The fourth-order valence-corrected chi connectivity index (χ4v) is 4.42. The molecule has 16 heavy (non-hydrogen) atoms. The van der Waals surface area contributed by atoms with Gasteiger partial charge in [0.15, 0.2) is 0 Å². The van der Waals surface area contributed by atoms with Crippen molar-refractivity contribution in [3.63, 3.8) is 0 Å². The Hall–Kier alpha value is -0.380. The van der Waals surface area contributed by atoms with Crippen LogP contribution < -0.4 is 0 Å². The van der Waals surface area contributed by atoms with Crippen LogP contribution in [0.2, 0.25) is 0 Å². The lowest BCUT2D eigenvalue weighted by atomic mass is 9.77. The maximum Gasteiger partial charge on any atom is 0.0480 e. The van der Waals surface area contributed by atoms with Crippen molar-refractivity contribution in [2.24, 2.45) is 5.92 Å².